The Balaban J connectivity index is 1.81. The van der Waals surface area contributed by atoms with Gasteiger partial charge in [-0.1, -0.05) is 66.5 Å². The smallest absolute Gasteiger partial charge is 0.311 e. The molecule has 0 unspecified atom stereocenters. The lowest BCUT2D eigenvalue weighted by Crippen LogP contribution is -2.45. The first kappa shape index (κ1) is 31.2. The monoisotopic (exact) mass is 546 g/mol. The maximum absolute atomic E-state index is 13.1. The van der Waals surface area contributed by atoms with Gasteiger partial charge in [-0.15, -0.1) is 0 Å². The minimum absolute atomic E-state index is 0.0202. The van der Waals surface area contributed by atoms with E-state index in [9.17, 15) is 9.90 Å². The highest BCUT2D eigenvalue weighted by molar-refractivity contribution is 6.74. The molecule has 0 spiro atoms. The fourth-order valence-electron chi connectivity index (χ4n) is 6.67. The van der Waals surface area contributed by atoms with Gasteiger partial charge in [0.25, 0.3) is 0 Å². The molecule has 2 aliphatic carbocycles. The van der Waals surface area contributed by atoms with Gasteiger partial charge in [-0.3, -0.25) is 4.79 Å². The summed E-state index contributed by atoms with van der Waals surface area (Å²) in [6.45, 7) is 20.6. The number of hydrogen-bond donors (Lipinski definition) is 1. The average Bonchev–Trinajstić information content (AvgIpc) is 3.35. The van der Waals surface area contributed by atoms with Gasteiger partial charge in [-0.2, -0.15) is 0 Å². The lowest BCUT2D eigenvalue weighted by molar-refractivity contribution is -0.151. The largest absolute Gasteiger partial charge is 0.472 e. The molecule has 1 heterocycles. The number of methoxy groups -OCH3 is 1. The minimum Gasteiger partial charge on any atom is -0.472 e. The van der Waals surface area contributed by atoms with Gasteiger partial charge in [0.1, 0.15) is 0 Å². The van der Waals surface area contributed by atoms with Crippen LogP contribution in [0.2, 0.25) is 18.1 Å². The summed E-state index contributed by atoms with van der Waals surface area (Å²) in [5.74, 6) is 0.141. The van der Waals surface area contributed by atoms with Crippen molar-refractivity contribution in [2.75, 3.05) is 7.11 Å². The molecular weight excluding hydrogens is 492 g/mol. The van der Waals surface area contributed by atoms with Crippen LogP contribution in [-0.4, -0.2) is 32.6 Å². The van der Waals surface area contributed by atoms with Crippen LogP contribution in [0.15, 0.2) is 34.7 Å². The highest BCUT2D eigenvalue weighted by Gasteiger charge is 2.49. The third kappa shape index (κ3) is 6.50. The molecule has 0 aromatic carbocycles. The van der Waals surface area contributed by atoms with Crippen molar-refractivity contribution >= 4 is 14.3 Å². The quantitative estimate of drug-likeness (QED) is 0.181. The van der Waals surface area contributed by atoms with Gasteiger partial charge in [0.15, 0.2) is 8.32 Å². The fraction of sp³-hybridized carbons (Fsp3) is 0.781. The maximum Gasteiger partial charge on any atom is 0.311 e. The summed E-state index contributed by atoms with van der Waals surface area (Å²) in [6.07, 6.45) is 11.3. The van der Waals surface area contributed by atoms with Crippen molar-refractivity contribution < 1.29 is 23.5 Å². The van der Waals surface area contributed by atoms with Gasteiger partial charge < -0.3 is 18.7 Å². The van der Waals surface area contributed by atoms with Crippen LogP contribution in [0.5, 0.6) is 0 Å². The molecule has 1 aromatic heterocycles. The molecule has 1 fully saturated rings. The number of hydrogen-bond acceptors (Lipinski definition) is 5. The third-order valence-corrected chi connectivity index (χ3v) is 15.1. The highest BCUT2D eigenvalue weighted by Crippen LogP contribution is 2.58. The first-order valence-electron chi connectivity index (χ1n) is 14.7. The van der Waals surface area contributed by atoms with Crippen molar-refractivity contribution in [1.82, 2.24) is 0 Å². The molecule has 6 atom stereocenters. The molecule has 3 rings (SSSR count). The second kappa shape index (κ2) is 11.6. The van der Waals surface area contributed by atoms with Crippen LogP contribution in [0.1, 0.15) is 105 Å². The molecule has 0 saturated heterocycles. The summed E-state index contributed by atoms with van der Waals surface area (Å²) < 4.78 is 17.4. The first-order chi connectivity index (χ1) is 17.5. The number of esters is 1. The lowest BCUT2D eigenvalue weighted by atomic mass is 9.51. The molecule has 2 aliphatic rings. The van der Waals surface area contributed by atoms with Crippen molar-refractivity contribution in [3.63, 3.8) is 0 Å². The Hall–Kier alpha value is -1.37. The van der Waals surface area contributed by atoms with Crippen LogP contribution in [0.4, 0.5) is 0 Å². The normalized spacial score (nSPS) is 28.1. The summed E-state index contributed by atoms with van der Waals surface area (Å²) in [4.78, 5) is 13.1. The maximum atomic E-state index is 13.1. The molecule has 216 valence electrons. The van der Waals surface area contributed by atoms with E-state index in [2.05, 4.69) is 67.6 Å². The number of ether oxygens (including phenoxy) is 1. The number of carbonyl (C=O) groups excluding carboxylic acids is 1. The van der Waals surface area contributed by atoms with Crippen LogP contribution >= 0.6 is 0 Å². The summed E-state index contributed by atoms with van der Waals surface area (Å²) in [6, 6.07) is 1.90. The zero-order chi connectivity index (χ0) is 28.5. The van der Waals surface area contributed by atoms with E-state index >= 15 is 0 Å². The molecule has 38 heavy (non-hydrogen) atoms. The number of carbonyl (C=O) groups is 1. The second-order valence-electron chi connectivity index (χ2n) is 14.5. The predicted molar refractivity (Wildman–Crippen MR) is 156 cm³/mol. The molecule has 1 N–H and O–H groups in total. The van der Waals surface area contributed by atoms with E-state index in [1.807, 2.05) is 6.07 Å². The Morgan fingerprint density at radius 2 is 1.95 bits per heavy atom. The Bertz CT molecular complexity index is 957. The number of fused-ring (bicyclic) bond motifs is 1. The van der Waals surface area contributed by atoms with Gasteiger partial charge in [0, 0.05) is 12.0 Å². The van der Waals surface area contributed by atoms with Crippen molar-refractivity contribution in [2.24, 2.45) is 28.6 Å². The van der Waals surface area contributed by atoms with Crippen molar-refractivity contribution in [3.05, 3.63) is 35.8 Å². The Labute approximate surface area is 232 Å². The van der Waals surface area contributed by atoms with E-state index in [1.165, 1.54) is 26.4 Å². The molecule has 1 aromatic rings. The van der Waals surface area contributed by atoms with Gasteiger partial charge in [-0.05, 0) is 79.0 Å². The predicted octanol–water partition coefficient (Wildman–Crippen LogP) is 8.46. The van der Waals surface area contributed by atoms with Gasteiger partial charge in [0.2, 0.25) is 0 Å². The van der Waals surface area contributed by atoms with E-state index in [4.69, 9.17) is 13.6 Å². The number of allylic oxidation sites excluding steroid dienone is 2. The average molecular weight is 547 g/mol. The topological polar surface area (TPSA) is 68.9 Å². The van der Waals surface area contributed by atoms with E-state index in [0.29, 0.717) is 24.7 Å². The number of aliphatic hydroxyl groups excluding tert-OH is 1. The van der Waals surface area contributed by atoms with Crippen LogP contribution < -0.4 is 0 Å². The zero-order valence-electron chi connectivity index (χ0n) is 25.7. The third-order valence-electron chi connectivity index (χ3n) is 10.6. The Morgan fingerprint density at radius 3 is 2.53 bits per heavy atom. The molecule has 0 amide bonds. The van der Waals surface area contributed by atoms with E-state index in [-0.39, 0.29) is 27.9 Å². The summed E-state index contributed by atoms with van der Waals surface area (Å²) in [5, 5.41) is 11.6. The summed E-state index contributed by atoms with van der Waals surface area (Å²) in [5.41, 5.74) is 2.85. The summed E-state index contributed by atoms with van der Waals surface area (Å²) >= 11 is 0. The van der Waals surface area contributed by atoms with Gasteiger partial charge in [0.05, 0.1) is 37.8 Å². The molecule has 5 nitrogen and oxygen atoms in total. The number of rotatable bonds is 10. The Morgan fingerprint density at radius 1 is 1.26 bits per heavy atom. The van der Waals surface area contributed by atoms with E-state index in [1.54, 1.807) is 18.1 Å². The van der Waals surface area contributed by atoms with Crippen LogP contribution in [0.25, 0.3) is 0 Å². The van der Waals surface area contributed by atoms with Crippen LogP contribution in [0.3, 0.4) is 0 Å². The van der Waals surface area contributed by atoms with Crippen molar-refractivity contribution in [1.29, 1.82) is 0 Å². The molecule has 0 aliphatic heterocycles. The molecule has 0 radical (unpaired) electrons. The molecule has 0 bridgehead atoms. The van der Waals surface area contributed by atoms with Crippen molar-refractivity contribution in [3.8, 4) is 0 Å². The van der Waals surface area contributed by atoms with Gasteiger partial charge >= 0.3 is 5.97 Å². The molecular formula is C32H54O5Si. The van der Waals surface area contributed by atoms with Gasteiger partial charge in [-0.25, -0.2) is 0 Å². The Kier molecular flexibility index (Phi) is 9.53. The van der Waals surface area contributed by atoms with Crippen molar-refractivity contribution in [2.45, 2.75) is 124 Å². The van der Waals surface area contributed by atoms with Crippen LogP contribution in [-0.2, 0) is 14.0 Å². The first-order valence-corrected chi connectivity index (χ1v) is 17.6. The lowest BCUT2D eigenvalue weighted by Gasteiger charge is -2.53. The second-order valence-corrected chi connectivity index (χ2v) is 19.3. The molecule has 1 saturated carbocycles. The molecule has 6 heteroatoms. The summed E-state index contributed by atoms with van der Waals surface area (Å²) in [7, 11) is -0.708. The SMILES string of the molecule is COC(=O)[C@@H](CC[C@@]1(C)[C@@H](C)CC=C2[C@@H]1CCCC2(C)C)[C@@H](O)C[C@@H](O[Si](C)(C)C(C)(C)C)c1ccoc1. The number of furan rings is 1. The highest BCUT2D eigenvalue weighted by atomic mass is 28.4. The fourth-order valence-corrected chi connectivity index (χ4v) is 7.97. The van der Waals surface area contributed by atoms with E-state index < -0.39 is 20.3 Å². The van der Waals surface area contributed by atoms with Crippen LogP contribution in [0, 0.1) is 28.6 Å². The zero-order valence-corrected chi connectivity index (χ0v) is 26.7. The number of aliphatic hydroxyl groups is 1. The standard InChI is InChI=1S/C32H54O5Si/c1-22-13-14-25-26(12-11-17-31(25,5)6)32(22,7)18-15-24(29(34)35-8)27(33)20-28(23-16-19-36-21-23)37-38(9,10)30(2,3)4/h14,16,19,21-22,24,26-28,33H,11-13,15,17-18,20H2,1-10H3/t22-,24-,26-,27-,28+,32-/m0/s1. The minimum atomic E-state index is -2.14. The van der Waals surface area contributed by atoms with E-state index in [0.717, 1.165) is 18.4 Å².